The third-order valence-electron chi connectivity index (χ3n) is 3.22. The minimum absolute atomic E-state index is 0.459. The van der Waals surface area contributed by atoms with E-state index in [-0.39, 0.29) is 0 Å². The van der Waals surface area contributed by atoms with Crippen LogP contribution in [-0.4, -0.2) is 21.6 Å². The molecule has 2 N–H and O–H groups in total. The molecule has 5 nitrogen and oxygen atoms in total. The van der Waals surface area contributed by atoms with E-state index in [4.69, 9.17) is 10.5 Å². The maximum atomic E-state index is 5.66. The topological polar surface area (TPSA) is 66.0 Å². The van der Waals surface area contributed by atoms with E-state index in [0.717, 1.165) is 49.6 Å². The average molecular weight is 274 g/mol. The SMILES string of the molecule is CCc1c(CN)nnn1CCCCOc1ccccc1. The first-order valence-electron chi connectivity index (χ1n) is 7.14. The molecular formula is C15H22N4O. The molecule has 1 aromatic carbocycles. The number of para-hydroxylation sites is 1. The first-order chi connectivity index (χ1) is 9.85. The molecule has 0 atom stereocenters. The number of benzene rings is 1. The Hall–Kier alpha value is -1.88. The molecule has 108 valence electrons. The molecule has 0 fully saturated rings. The van der Waals surface area contributed by atoms with Gasteiger partial charge in [0, 0.05) is 13.1 Å². The van der Waals surface area contributed by atoms with Crippen LogP contribution in [0, 0.1) is 0 Å². The van der Waals surface area contributed by atoms with Gasteiger partial charge in [0.1, 0.15) is 5.75 Å². The van der Waals surface area contributed by atoms with Gasteiger partial charge >= 0.3 is 0 Å². The van der Waals surface area contributed by atoms with E-state index in [1.54, 1.807) is 0 Å². The molecule has 2 rings (SSSR count). The Morgan fingerprint density at radius 2 is 2.00 bits per heavy atom. The molecule has 0 bridgehead atoms. The molecule has 0 aliphatic carbocycles. The molecule has 1 aromatic heterocycles. The Balaban J connectivity index is 1.72. The van der Waals surface area contributed by atoms with Crippen LogP contribution in [0.15, 0.2) is 30.3 Å². The summed E-state index contributed by atoms with van der Waals surface area (Å²) in [6.45, 7) is 4.16. The van der Waals surface area contributed by atoms with Crippen LogP contribution in [0.3, 0.4) is 0 Å². The van der Waals surface area contributed by atoms with E-state index in [1.807, 2.05) is 35.0 Å². The molecule has 0 amide bonds. The Bertz CT molecular complexity index is 510. The van der Waals surface area contributed by atoms with Crippen molar-refractivity contribution < 1.29 is 4.74 Å². The standard InChI is InChI=1S/C15H22N4O/c1-2-15-14(12-16)17-18-19(15)10-6-7-11-20-13-8-4-3-5-9-13/h3-5,8-9H,2,6-7,10-12,16H2,1H3. The highest BCUT2D eigenvalue weighted by molar-refractivity contribution is 5.20. The molecule has 0 saturated heterocycles. The second kappa shape index (κ2) is 7.65. The van der Waals surface area contributed by atoms with Crippen LogP contribution in [0.1, 0.15) is 31.2 Å². The van der Waals surface area contributed by atoms with E-state index >= 15 is 0 Å². The lowest BCUT2D eigenvalue weighted by Gasteiger charge is -2.07. The van der Waals surface area contributed by atoms with Crippen molar-refractivity contribution in [2.24, 2.45) is 5.73 Å². The zero-order chi connectivity index (χ0) is 14.2. The van der Waals surface area contributed by atoms with Crippen molar-refractivity contribution in [2.45, 2.75) is 39.3 Å². The third-order valence-corrected chi connectivity index (χ3v) is 3.22. The summed E-state index contributed by atoms with van der Waals surface area (Å²) in [6.07, 6.45) is 2.93. The lowest BCUT2D eigenvalue weighted by Crippen LogP contribution is -2.08. The van der Waals surface area contributed by atoms with E-state index < -0.39 is 0 Å². The number of nitrogens with zero attached hydrogens (tertiary/aromatic N) is 3. The summed E-state index contributed by atoms with van der Waals surface area (Å²) in [6, 6.07) is 9.89. The molecule has 5 heteroatoms. The summed E-state index contributed by atoms with van der Waals surface area (Å²) in [5, 5.41) is 8.27. The Labute approximate surface area is 119 Å². The predicted octanol–water partition coefficient (Wildman–Crippen LogP) is 2.16. The number of hydrogen-bond donors (Lipinski definition) is 1. The second-order valence-electron chi connectivity index (χ2n) is 4.63. The largest absolute Gasteiger partial charge is 0.494 e. The molecule has 0 saturated carbocycles. The van der Waals surface area contributed by atoms with Gasteiger partial charge in [-0.05, 0) is 31.4 Å². The van der Waals surface area contributed by atoms with Crippen molar-refractivity contribution in [3.8, 4) is 5.75 Å². The number of aryl methyl sites for hydroxylation is 1. The number of unbranched alkanes of at least 4 members (excludes halogenated alkanes) is 1. The van der Waals surface area contributed by atoms with Crippen LogP contribution in [0.2, 0.25) is 0 Å². The molecule has 1 heterocycles. The summed E-state index contributed by atoms with van der Waals surface area (Å²) in [5.74, 6) is 0.924. The molecule has 2 aromatic rings. The van der Waals surface area contributed by atoms with Gasteiger partial charge in [0.15, 0.2) is 0 Å². The highest BCUT2D eigenvalue weighted by atomic mass is 16.5. The first kappa shape index (κ1) is 14.5. The van der Waals surface area contributed by atoms with E-state index in [9.17, 15) is 0 Å². The second-order valence-corrected chi connectivity index (χ2v) is 4.63. The molecule has 20 heavy (non-hydrogen) atoms. The monoisotopic (exact) mass is 274 g/mol. The van der Waals surface area contributed by atoms with Gasteiger partial charge in [0.05, 0.1) is 18.0 Å². The highest BCUT2D eigenvalue weighted by Crippen LogP contribution is 2.10. The van der Waals surface area contributed by atoms with Crippen LogP contribution in [0.4, 0.5) is 0 Å². The van der Waals surface area contributed by atoms with Gasteiger partial charge < -0.3 is 10.5 Å². The molecule has 0 radical (unpaired) electrons. The van der Waals surface area contributed by atoms with Crippen molar-refractivity contribution in [2.75, 3.05) is 6.61 Å². The fourth-order valence-corrected chi connectivity index (χ4v) is 2.16. The van der Waals surface area contributed by atoms with Gasteiger partial charge in [-0.25, -0.2) is 4.68 Å². The number of hydrogen-bond acceptors (Lipinski definition) is 4. The van der Waals surface area contributed by atoms with Crippen LogP contribution in [0.25, 0.3) is 0 Å². The first-order valence-corrected chi connectivity index (χ1v) is 7.14. The smallest absolute Gasteiger partial charge is 0.119 e. The van der Waals surface area contributed by atoms with Crippen molar-refractivity contribution in [1.82, 2.24) is 15.0 Å². The number of ether oxygens (including phenoxy) is 1. The summed E-state index contributed by atoms with van der Waals surface area (Å²) in [7, 11) is 0. The van der Waals surface area contributed by atoms with Gasteiger partial charge in [0.25, 0.3) is 0 Å². The minimum Gasteiger partial charge on any atom is -0.494 e. The molecule has 0 unspecified atom stereocenters. The van der Waals surface area contributed by atoms with Crippen molar-refractivity contribution >= 4 is 0 Å². The number of aromatic nitrogens is 3. The molecule has 0 spiro atoms. The maximum absolute atomic E-state index is 5.66. The van der Waals surface area contributed by atoms with E-state index in [0.29, 0.717) is 6.54 Å². The van der Waals surface area contributed by atoms with Crippen molar-refractivity contribution in [3.63, 3.8) is 0 Å². The molecule has 0 aliphatic rings. The van der Waals surface area contributed by atoms with Crippen LogP contribution in [-0.2, 0) is 19.5 Å². The minimum atomic E-state index is 0.459. The molecular weight excluding hydrogens is 252 g/mol. The summed E-state index contributed by atoms with van der Waals surface area (Å²) in [5.41, 5.74) is 7.70. The average Bonchev–Trinajstić information content (AvgIpc) is 2.90. The van der Waals surface area contributed by atoms with Gasteiger partial charge in [-0.2, -0.15) is 0 Å². The highest BCUT2D eigenvalue weighted by Gasteiger charge is 2.08. The van der Waals surface area contributed by atoms with E-state index in [1.165, 1.54) is 0 Å². The summed E-state index contributed by atoms with van der Waals surface area (Å²) >= 11 is 0. The summed E-state index contributed by atoms with van der Waals surface area (Å²) in [4.78, 5) is 0. The van der Waals surface area contributed by atoms with Crippen LogP contribution in [0.5, 0.6) is 5.75 Å². The summed E-state index contributed by atoms with van der Waals surface area (Å²) < 4.78 is 7.62. The van der Waals surface area contributed by atoms with Gasteiger partial charge in [0.2, 0.25) is 0 Å². The van der Waals surface area contributed by atoms with E-state index in [2.05, 4.69) is 17.2 Å². The zero-order valence-corrected chi connectivity index (χ0v) is 12.0. The Morgan fingerprint density at radius 3 is 2.70 bits per heavy atom. The van der Waals surface area contributed by atoms with Crippen molar-refractivity contribution in [3.05, 3.63) is 41.7 Å². The van der Waals surface area contributed by atoms with Crippen LogP contribution >= 0.6 is 0 Å². The lowest BCUT2D eigenvalue weighted by atomic mass is 10.2. The molecule has 0 aliphatic heterocycles. The van der Waals surface area contributed by atoms with Gasteiger partial charge in [-0.3, -0.25) is 0 Å². The van der Waals surface area contributed by atoms with Gasteiger partial charge in [-0.1, -0.05) is 30.3 Å². The number of nitrogens with two attached hydrogens (primary N) is 1. The Kier molecular flexibility index (Phi) is 5.55. The Morgan fingerprint density at radius 1 is 1.20 bits per heavy atom. The normalized spacial score (nSPS) is 10.7. The fourth-order valence-electron chi connectivity index (χ4n) is 2.16. The fraction of sp³-hybridized carbons (Fsp3) is 0.467. The lowest BCUT2D eigenvalue weighted by molar-refractivity contribution is 0.301. The zero-order valence-electron chi connectivity index (χ0n) is 12.0. The predicted molar refractivity (Wildman–Crippen MR) is 78.5 cm³/mol. The van der Waals surface area contributed by atoms with Gasteiger partial charge in [-0.15, -0.1) is 5.10 Å². The maximum Gasteiger partial charge on any atom is 0.119 e. The quantitative estimate of drug-likeness (QED) is 0.749. The number of rotatable bonds is 8. The third kappa shape index (κ3) is 3.81. The van der Waals surface area contributed by atoms with Crippen molar-refractivity contribution in [1.29, 1.82) is 0 Å². The van der Waals surface area contributed by atoms with Crippen LogP contribution < -0.4 is 10.5 Å².